The molecule has 15 heavy (non-hydrogen) atoms. The Morgan fingerprint density at radius 2 is 2.07 bits per heavy atom. The average molecular weight is 253 g/mol. The Kier molecular flexibility index (Phi) is 3.57. The molecule has 0 aliphatic carbocycles. The molecule has 0 unspecified atom stereocenters. The first kappa shape index (κ1) is 12.3. The molecule has 0 aliphatic heterocycles. The van der Waals surface area contributed by atoms with Gasteiger partial charge in [0.05, 0.1) is 12.9 Å². The van der Waals surface area contributed by atoms with Crippen LogP contribution in [0.5, 0.6) is 5.75 Å². The summed E-state index contributed by atoms with van der Waals surface area (Å²) in [4.78, 5) is 0. The molecule has 6 heteroatoms. The maximum Gasteiger partial charge on any atom is 0.236 e. The maximum absolute atomic E-state index is 13.0. The van der Waals surface area contributed by atoms with E-state index in [1.807, 2.05) is 0 Å². The Labute approximate surface area is 92.2 Å². The van der Waals surface area contributed by atoms with Crippen molar-refractivity contribution in [3.8, 4) is 5.75 Å². The molecule has 3 nitrogen and oxygen atoms in total. The van der Waals surface area contributed by atoms with Crippen molar-refractivity contribution < 1.29 is 17.5 Å². The van der Waals surface area contributed by atoms with Crippen LogP contribution in [0.25, 0.3) is 0 Å². The van der Waals surface area contributed by atoms with Crippen LogP contribution in [0.2, 0.25) is 0 Å². The van der Waals surface area contributed by atoms with Crippen molar-refractivity contribution >= 4 is 19.7 Å². The van der Waals surface area contributed by atoms with Crippen molar-refractivity contribution in [2.45, 2.75) is 12.7 Å². The van der Waals surface area contributed by atoms with Crippen LogP contribution in [-0.2, 0) is 14.8 Å². The van der Waals surface area contributed by atoms with Crippen molar-refractivity contribution in [1.29, 1.82) is 0 Å². The van der Waals surface area contributed by atoms with E-state index in [1.54, 1.807) is 6.92 Å². The maximum atomic E-state index is 13.0. The van der Waals surface area contributed by atoms with E-state index in [-0.39, 0.29) is 5.56 Å². The number of methoxy groups -OCH3 is 1. The summed E-state index contributed by atoms with van der Waals surface area (Å²) < 4.78 is 39.8. The first-order chi connectivity index (χ1) is 6.83. The van der Waals surface area contributed by atoms with Crippen LogP contribution in [0.1, 0.15) is 11.1 Å². The quantitative estimate of drug-likeness (QED) is 0.775. The molecule has 0 atom stereocenters. The highest BCUT2D eigenvalue weighted by atomic mass is 35.7. The standard InChI is InChI=1S/C9H10ClFO3S/c1-6-3-8(11)4-7(9(6)14-2)5-15(10,12)13/h3-4H,5H2,1-2H3. The molecule has 1 aromatic rings. The summed E-state index contributed by atoms with van der Waals surface area (Å²) in [5.41, 5.74) is 0.762. The SMILES string of the molecule is COc1c(C)cc(F)cc1CS(=O)(=O)Cl. The van der Waals surface area contributed by atoms with Crippen molar-refractivity contribution in [2.75, 3.05) is 7.11 Å². The van der Waals surface area contributed by atoms with Crippen molar-refractivity contribution in [3.05, 3.63) is 29.1 Å². The largest absolute Gasteiger partial charge is 0.496 e. The summed E-state index contributed by atoms with van der Waals surface area (Å²) in [6, 6.07) is 2.37. The van der Waals surface area contributed by atoms with Gasteiger partial charge in [-0.1, -0.05) is 0 Å². The van der Waals surface area contributed by atoms with Gasteiger partial charge in [-0.25, -0.2) is 12.8 Å². The van der Waals surface area contributed by atoms with Crippen LogP contribution in [-0.4, -0.2) is 15.5 Å². The highest BCUT2D eigenvalue weighted by Gasteiger charge is 2.15. The van der Waals surface area contributed by atoms with E-state index in [1.165, 1.54) is 13.2 Å². The van der Waals surface area contributed by atoms with Crippen LogP contribution in [0.3, 0.4) is 0 Å². The molecular formula is C9H10ClFO3S. The van der Waals surface area contributed by atoms with E-state index in [9.17, 15) is 12.8 Å². The smallest absolute Gasteiger partial charge is 0.236 e. The summed E-state index contributed by atoms with van der Waals surface area (Å²) in [6.07, 6.45) is 0. The molecule has 0 saturated heterocycles. The van der Waals surface area contributed by atoms with Crippen LogP contribution in [0.15, 0.2) is 12.1 Å². The van der Waals surface area contributed by atoms with Gasteiger partial charge in [-0.05, 0) is 24.6 Å². The minimum atomic E-state index is -3.72. The molecule has 0 saturated carbocycles. The molecule has 0 bridgehead atoms. The van der Waals surface area contributed by atoms with Crippen molar-refractivity contribution in [3.63, 3.8) is 0 Å². The molecule has 0 spiro atoms. The minimum Gasteiger partial charge on any atom is -0.496 e. The summed E-state index contributed by atoms with van der Waals surface area (Å²) in [7, 11) is 2.77. The van der Waals surface area contributed by atoms with Gasteiger partial charge in [-0.3, -0.25) is 0 Å². The third-order valence-electron chi connectivity index (χ3n) is 1.85. The van der Waals surface area contributed by atoms with Crippen LogP contribution in [0, 0.1) is 12.7 Å². The van der Waals surface area contributed by atoms with E-state index >= 15 is 0 Å². The lowest BCUT2D eigenvalue weighted by molar-refractivity contribution is 0.406. The summed E-state index contributed by atoms with van der Waals surface area (Å²) in [5.74, 6) is -0.611. The highest BCUT2D eigenvalue weighted by molar-refractivity contribution is 8.13. The fourth-order valence-corrected chi connectivity index (χ4v) is 2.32. The fraction of sp³-hybridized carbons (Fsp3) is 0.333. The predicted octanol–water partition coefficient (Wildman–Crippen LogP) is 2.21. The van der Waals surface area contributed by atoms with E-state index in [0.717, 1.165) is 6.07 Å². The third-order valence-corrected chi connectivity index (χ3v) is 2.83. The van der Waals surface area contributed by atoms with Crippen LogP contribution < -0.4 is 4.74 Å². The molecule has 84 valence electrons. The molecule has 0 fully saturated rings. The first-order valence-corrected chi connectivity index (χ1v) is 6.56. The van der Waals surface area contributed by atoms with Gasteiger partial charge in [0.15, 0.2) is 0 Å². The van der Waals surface area contributed by atoms with E-state index < -0.39 is 20.6 Å². The van der Waals surface area contributed by atoms with Gasteiger partial charge in [0.2, 0.25) is 9.05 Å². The second kappa shape index (κ2) is 4.37. The number of halogens is 2. The fourth-order valence-electron chi connectivity index (χ4n) is 1.38. The van der Waals surface area contributed by atoms with E-state index in [4.69, 9.17) is 15.4 Å². The number of hydrogen-bond donors (Lipinski definition) is 0. The van der Waals surface area contributed by atoms with E-state index in [2.05, 4.69) is 0 Å². The topological polar surface area (TPSA) is 43.4 Å². The Morgan fingerprint density at radius 1 is 1.47 bits per heavy atom. The zero-order chi connectivity index (χ0) is 11.6. The van der Waals surface area contributed by atoms with Gasteiger partial charge in [0, 0.05) is 16.2 Å². The molecule has 1 aromatic carbocycles. The number of ether oxygens (including phenoxy) is 1. The van der Waals surface area contributed by atoms with E-state index in [0.29, 0.717) is 11.3 Å². The van der Waals surface area contributed by atoms with Crippen LogP contribution in [0.4, 0.5) is 4.39 Å². The predicted molar refractivity (Wildman–Crippen MR) is 56.2 cm³/mol. The van der Waals surface area contributed by atoms with Gasteiger partial charge in [-0.2, -0.15) is 0 Å². The molecular weight excluding hydrogens is 243 g/mol. The molecule has 1 rings (SSSR count). The Balaban J connectivity index is 3.27. The Morgan fingerprint density at radius 3 is 2.53 bits per heavy atom. The monoisotopic (exact) mass is 252 g/mol. The van der Waals surface area contributed by atoms with Crippen molar-refractivity contribution in [1.82, 2.24) is 0 Å². The van der Waals surface area contributed by atoms with Gasteiger partial charge in [0.1, 0.15) is 11.6 Å². The summed E-state index contributed by atoms with van der Waals surface area (Å²) >= 11 is 0. The second-order valence-corrected chi connectivity index (χ2v) is 5.88. The molecule has 0 aromatic heterocycles. The summed E-state index contributed by atoms with van der Waals surface area (Å²) in [6.45, 7) is 1.63. The Bertz CT molecular complexity index is 470. The molecule has 0 N–H and O–H groups in total. The number of benzene rings is 1. The second-order valence-electron chi connectivity index (χ2n) is 3.10. The lowest BCUT2D eigenvalue weighted by atomic mass is 10.1. The first-order valence-electron chi connectivity index (χ1n) is 4.09. The molecule has 0 heterocycles. The average Bonchev–Trinajstić information content (AvgIpc) is 1.99. The number of aryl methyl sites for hydroxylation is 1. The number of rotatable bonds is 3. The summed E-state index contributed by atoms with van der Waals surface area (Å²) in [5, 5.41) is 0. The van der Waals surface area contributed by atoms with Gasteiger partial charge in [-0.15, -0.1) is 0 Å². The highest BCUT2D eigenvalue weighted by Crippen LogP contribution is 2.27. The van der Waals surface area contributed by atoms with Crippen molar-refractivity contribution in [2.24, 2.45) is 0 Å². The molecule has 0 aliphatic rings. The van der Waals surface area contributed by atoms with Gasteiger partial charge >= 0.3 is 0 Å². The Hall–Kier alpha value is -0.810. The lowest BCUT2D eigenvalue weighted by Crippen LogP contribution is -2.01. The van der Waals surface area contributed by atoms with Gasteiger partial charge < -0.3 is 4.74 Å². The molecule has 0 radical (unpaired) electrons. The molecule has 0 amide bonds. The third kappa shape index (κ3) is 3.35. The van der Waals surface area contributed by atoms with Crippen LogP contribution >= 0.6 is 10.7 Å². The zero-order valence-electron chi connectivity index (χ0n) is 8.25. The zero-order valence-corrected chi connectivity index (χ0v) is 9.82. The minimum absolute atomic E-state index is 0.227. The van der Waals surface area contributed by atoms with Gasteiger partial charge in [0.25, 0.3) is 0 Å². The number of hydrogen-bond acceptors (Lipinski definition) is 3. The normalized spacial score (nSPS) is 11.5. The lowest BCUT2D eigenvalue weighted by Gasteiger charge is -2.10.